The monoisotopic (exact) mass is 476 g/mol. The minimum absolute atomic E-state index is 0.169. The fraction of sp³-hybridized carbons (Fsp3) is 0.200. The van der Waals surface area contributed by atoms with Crippen LogP contribution in [0.5, 0.6) is 28.7 Å². The van der Waals surface area contributed by atoms with Crippen LogP contribution in [0.4, 0.5) is 0 Å². The van der Waals surface area contributed by atoms with Crippen LogP contribution in [0.25, 0.3) is 0 Å². The molecule has 0 aromatic heterocycles. The molecule has 0 fully saturated rings. The van der Waals surface area contributed by atoms with E-state index in [-0.39, 0.29) is 11.5 Å². The first-order valence-corrected chi connectivity index (χ1v) is 11.2. The van der Waals surface area contributed by atoms with Crippen molar-refractivity contribution in [2.75, 3.05) is 0 Å². The molecule has 0 aliphatic heterocycles. The summed E-state index contributed by atoms with van der Waals surface area (Å²) < 4.78 is 0. The zero-order chi connectivity index (χ0) is 26.5. The van der Waals surface area contributed by atoms with Crippen molar-refractivity contribution in [2.24, 2.45) is 0 Å². The number of aryl methyl sites for hydroxylation is 5. The number of benzene rings is 4. The maximum Gasteiger partial charge on any atom is 0.118 e. The van der Waals surface area contributed by atoms with Gasteiger partial charge in [0.2, 0.25) is 0 Å². The van der Waals surface area contributed by atoms with Crippen LogP contribution in [0.3, 0.4) is 0 Å². The average molecular weight is 477 g/mol. The number of phenols is 5. The molecule has 4 rings (SSSR count). The van der Waals surface area contributed by atoms with E-state index in [1.54, 1.807) is 24.3 Å². The molecular formula is C30H36O5. The SMILES string of the molecule is Cc1ccc(C)c(O)c1.Cc1ccc(O)cc1C.Cc1cccc(O)c1C.Oc1ccc(O)cc1. The van der Waals surface area contributed by atoms with Crippen LogP contribution in [0.1, 0.15) is 33.4 Å². The first-order chi connectivity index (χ1) is 16.4. The highest BCUT2D eigenvalue weighted by molar-refractivity contribution is 5.37. The Hall–Kier alpha value is -4.12. The zero-order valence-corrected chi connectivity index (χ0v) is 21.2. The quantitative estimate of drug-likeness (QED) is 0.174. The first-order valence-electron chi connectivity index (χ1n) is 11.2. The van der Waals surface area contributed by atoms with Crippen LogP contribution >= 0.6 is 0 Å². The number of hydrogen-bond acceptors (Lipinski definition) is 5. The van der Waals surface area contributed by atoms with Crippen molar-refractivity contribution in [1.29, 1.82) is 0 Å². The molecule has 0 saturated carbocycles. The molecule has 5 heteroatoms. The van der Waals surface area contributed by atoms with Crippen LogP contribution < -0.4 is 0 Å². The third-order valence-corrected chi connectivity index (χ3v) is 5.28. The summed E-state index contributed by atoms with van der Waals surface area (Å²) in [6.07, 6.45) is 0. The molecule has 4 aromatic carbocycles. The number of phenolic OH excluding ortho intramolecular Hbond substituents is 5. The van der Waals surface area contributed by atoms with Crippen molar-refractivity contribution in [3.05, 3.63) is 112 Å². The van der Waals surface area contributed by atoms with Crippen LogP contribution in [0.2, 0.25) is 0 Å². The molecular weight excluding hydrogens is 440 g/mol. The molecule has 5 nitrogen and oxygen atoms in total. The van der Waals surface area contributed by atoms with Crippen molar-refractivity contribution < 1.29 is 25.5 Å². The van der Waals surface area contributed by atoms with Gasteiger partial charge in [0.1, 0.15) is 28.7 Å². The van der Waals surface area contributed by atoms with E-state index >= 15 is 0 Å². The van der Waals surface area contributed by atoms with Gasteiger partial charge in [-0.2, -0.15) is 0 Å². The second kappa shape index (κ2) is 14.2. The van der Waals surface area contributed by atoms with Crippen molar-refractivity contribution in [1.82, 2.24) is 0 Å². The normalized spacial score (nSPS) is 9.43. The third kappa shape index (κ3) is 11.0. The van der Waals surface area contributed by atoms with E-state index in [1.165, 1.54) is 29.8 Å². The second-order valence-electron chi connectivity index (χ2n) is 8.29. The summed E-state index contributed by atoms with van der Waals surface area (Å²) in [5, 5.41) is 44.4. The van der Waals surface area contributed by atoms with E-state index in [0.29, 0.717) is 17.2 Å². The number of rotatable bonds is 0. The molecule has 0 spiro atoms. The predicted molar refractivity (Wildman–Crippen MR) is 143 cm³/mol. The highest BCUT2D eigenvalue weighted by Crippen LogP contribution is 2.18. The highest BCUT2D eigenvalue weighted by atomic mass is 16.3. The molecule has 4 aromatic rings. The van der Waals surface area contributed by atoms with Gasteiger partial charge >= 0.3 is 0 Å². The topological polar surface area (TPSA) is 101 Å². The van der Waals surface area contributed by atoms with Gasteiger partial charge in [0.05, 0.1) is 0 Å². The summed E-state index contributed by atoms with van der Waals surface area (Å²) in [4.78, 5) is 0. The Bertz CT molecular complexity index is 1110. The minimum atomic E-state index is 0.169. The molecule has 0 heterocycles. The van der Waals surface area contributed by atoms with E-state index in [4.69, 9.17) is 25.5 Å². The fourth-order valence-electron chi connectivity index (χ4n) is 2.63. The lowest BCUT2D eigenvalue weighted by Crippen LogP contribution is -1.78. The van der Waals surface area contributed by atoms with Gasteiger partial charge in [-0.25, -0.2) is 0 Å². The second-order valence-corrected chi connectivity index (χ2v) is 8.29. The van der Waals surface area contributed by atoms with Gasteiger partial charge in [0.25, 0.3) is 0 Å². The molecule has 5 N–H and O–H groups in total. The number of hydrogen-bond donors (Lipinski definition) is 5. The average Bonchev–Trinajstić information content (AvgIpc) is 2.81. The zero-order valence-electron chi connectivity index (χ0n) is 21.2. The van der Waals surface area contributed by atoms with Gasteiger partial charge in [-0.15, -0.1) is 0 Å². The van der Waals surface area contributed by atoms with Crippen molar-refractivity contribution in [3.63, 3.8) is 0 Å². The summed E-state index contributed by atoms with van der Waals surface area (Å²) >= 11 is 0. The maximum absolute atomic E-state index is 9.10. The lowest BCUT2D eigenvalue weighted by atomic mass is 10.1. The Kier molecular flexibility index (Phi) is 11.7. The van der Waals surface area contributed by atoms with E-state index in [0.717, 1.165) is 27.8 Å². The molecule has 0 radical (unpaired) electrons. The molecule has 0 amide bonds. The fourth-order valence-corrected chi connectivity index (χ4v) is 2.63. The van der Waals surface area contributed by atoms with Crippen molar-refractivity contribution in [3.8, 4) is 28.7 Å². The van der Waals surface area contributed by atoms with Gasteiger partial charge in [0, 0.05) is 0 Å². The maximum atomic E-state index is 9.10. The Morgan fingerprint density at radius 1 is 0.400 bits per heavy atom. The number of aromatic hydroxyl groups is 5. The minimum Gasteiger partial charge on any atom is -0.508 e. The Labute approximate surface area is 208 Å². The molecule has 35 heavy (non-hydrogen) atoms. The van der Waals surface area contributed by atoms with Gasteiger partial charge < -0.3 is 25.5 Å². The van der Waals surface area contributed by atoms with Gasteiger partial charge in [0.15, 0.2) is 0 Å². The highest BCUT2D eigenvalue weighted by Gasteiger charge is 1.95. The van der Waals surface area contributed by atoms with E-state index in [9.17, 15) is 0 Å². The molecule has 0 unspecified atom stereocenters. The molecule has 0 atom stereocenters. The Morgan fingerprint density at radius 3 is 1.31 bits per heavy atom. The summed E-state index contributed by atoms with van der Waals surface area (Å²) in [7, 11) is 0. The van der Waals surface area contributed by atoms with Crippen LogP contribution in [-0.4, -0.2) is 25.5 Å². The van der Waals surface area contributed by atoms with Gasteiger partial charge in [-0.05, 0) is 123 Å². The summed E-state index contributed by atoms with van der Waals surface area (Å²) in [6.45, 7) is 11.7. The smallest absolute Gasteiger partial charge is 0.118 e. The van der Waals surface area contributed by atoms with Gasteiger partial charge in [-0.3, -0.25) is 0 Å². The van der Waals surface area contributed by atoms with Gasteiger partial charge in [-0.1, -0.05) is 30.3 Å². The lowest BCUT2D eigenvalue weighted by Gasteiger charge is -1.99. The molecule has 0 aliphatic rings. The Morgan fingerprint density at radius 2 is 0.914 bits per heavy atom. The van der Waals surface area contributed by atoms with Crippen molar-refractivity contribution in [2.45, 2.75) is 41.5 Å². The van der Waals surface area contributed by atoms with E-state index in [1.807, 2.05) is 71.9 Å². The first kappa shape index (κ1) is 28.9. The van der Waals surface area contributed by atoms with Crippen molar-refractivity contribution >= 4 is 0 Å². The lowest BCUT2D eigenvalue weighted by molar-refractivity contribution is 0.460. The standard InChI is InChI=1S/3C8H10O.C6H6O2/c1-6-3-4-8(9)5-7(6)2;1-6-3-4-7(2)8(9)5-6;1-6-4-3-5-8(9)7(6)2;7-5-1-2-6(8)4-3-5/h3*3-5,9H,1-2H3;1-4,7-8H. The molecule has 0 bridgehead atoms. The summed E-state index contributed by atoms with van der Waals surface area (Å²) in [5.41, 5.74) is 6.48. The molecule has 0 aliphatic carbocycles. The largest absolute Gasteiger partial charge is 0.508 e. The summed E-state index contributed by atoms with van der Waals surface area (Å²) in [6, 6.07) is 22.2. The van der Waals surface area contributed by atoms with Crippen LogP contribution in [0, 0.1) is 41.5 Å². The Balaban J connectivity index is 0.000000234. The van der Waals surface area contributed by atoms with Crippen LogP contribution in [0.15, 0.2) is 78.9 Å². The summed E-state index contributed by atoms with van der Waals surface area (Å²) in [5.74, 6) is 1.45. The molecule has 0 saturated heterocycles. The van der Waals surface area contributed by atoms with E-state index in [2.05, 4.69) is 0 Å². The van der Waals surface area contributed by atoms with E-state index < -0.39 is 0 Å². The van der Waals surface area contributed by atoms with Crippen LogP contribution in [-0.2, 0) is 0 Å². The predicted octanol–water partition coefficient (Wildman–Crippen LogP) is 7.12. The molecule has 186 valence electrons. The third-order valence-electron chi connectivity index (χ3n) is 5.28.